The van der Waals surface area contributed by atoms with Crippen LogP contribution in [0.2, 0.25) is 0 Å². The fraction of sp³-hybridized carbons (Fsp3) is 0.964. The highest BCUT2D eigenvalue weighted by molar-refractivity contribution is 5.48. The monoisotopic (exact) mass is 504 g/mol. The molecule has 0 aliphatic rings. The van der Waals surface area contributed by atoms with Crippen LogP contribution in [0.3, 0.4) is 0 Å². The Kier molecular flexibility index (Phi) is 39.6. The first-order valence-electron chi connectivity index (χ1n) is 14.3. The van der Waals surface area contributed by atoms with E-state index in [1.165, 1.54) is 64.2 Å². The van der Waals surface area contributed by atoms with Crippen LogP contribution in [0.4, 0.5) is 0 Å². The summed E-state index contributed by atoms with van der Waals surface area (Å²) in [6.45, 7) is 11.8. The second kappa shape index (κ2) is 35.6. The summed E-state index contributed by atoms with van der Waals surface area (Å²) in [5, 5.41) is 20.4. The molecule has 0 amide bonds. The fourth-order valence-electron chi connectivity index (χ4n) is 3.27. The minimum atomic E-state index is 0.230. The molecule has 0 rings (SSSR count). The molecular formula is C28H64N4O3. The number of likely N-dealkylation sites (N-methyl/N-ethyl adjacent to an activating group) is 2. The Labute approximate surface area is 219 Å². The maximum absolute atomic E-state index is 9.84. The fourth-order valence-corrected chi connectivity index (χ4v) is 3.27. The Hall–Kier alpha value is -0.570. The highest BCUT2D eigenvalue weighted by Gasteiger charge is 2.04. The first-order chi connectivity index (χ1) is 16.9. The van der Waals surface area contributed by atoms with E-state index in [4.69, 9.17) is 10.2 Å². The second-order valence-electron chi connectivity index (χ2n) is 9.78. The van der Waals surface area contributed by atoms with E-state index >= 15 is 0 Å². The highest BCUT2D eigenvalue weighted by Crippen LogP contribution is 2.06. The van der Waals surface area contributed by atoms with Crippen LogP contribution >= 0.6 is 0 Å². The van der Waals surface area contributed by atoms with E-state index in [9.17, 15) is 4.79 Å². The normalized spacial score (nSPS) is 10.8. The molecule has 214 valence electrons. The van der Waals surface area contributed by atoms with E-state index in [-0.39, 0.29) is 13.2 Å². The van der Waals surface area contributed by atoms with E-state index in [2.05, 4.69) is 48.0 Å². The van der Waals surface area contributed by atoms with Crippen molar-refractivity contribution in [2.45, 2.75) is 90.9 Å². The SMILES string of the molecule is CCCCCCCC=O.CCCCCCCCN(CCO)CCN(C)C.CN(C)CCNCCO. The molecule has 0 unspecified atom stereocenters. The van der Waals surface area contributed by atoms with Gasteiger partial charge in [-0.05, 0) is 47.6 Å². The Morgan fingerprint density at radius 1 is 0.600 bits per heavy atom. The third kappa shape index (κ3) is 43.9. The third-order valence-corrected chi connectivity index (χ3v) is 5.56. The van der Waals surface area contributed by atoms with E-state index in [0.717, 1.165) is 58.4 Å². The Bertz CT molecular complexity index is 372. The van der Waals surface area contributed by atoms with Crippen LogP contribution in [0, 0.1) is 0 Å². The van der Waals surface area contributed by atoms with Gasteiger partial charge in [0, 0.05) is 45.7 Å². The molecule has 0 aromatic rings. The number of unbranched alkanes of at least 4 members (excludes halogenated alkanes) is 10. The molecule has 0 aromatic heterocycles. The molecule has 0 aromatic carbocycles. The number of carbonyl (C=O) groups excluding carboxylic acids is 1. The number of nitrogens with one attached hydrogen (secondary N) is 1. The van der Waals surface area contributed by atoms with Crippen molar-refractivity contribution in [2.75, 3.05) is 87.2 Å². The molecule has 0 bridgehead atoms. The zero-order valence-corrected chi connectivity index (χ0v) is 24.6. The highest BCUT2D eigenvalue weighted by atomic mass is 16.3. The van der Waals surface area contributed by atoms with Crippen molar-refractivity contribution in [1.29, 1.82) is 0 Å². The minimum Gasteiger partial charge on any atom is -0.395 e. The van der Waals surface area contributed by atoms with Gasteiger partial charge in [-0.25, -0.2) is 0 Å². The van der Waals surface area contributed by atoms with Gasteiger partial charge in [-0.1, -0.05) is 71.6 Å². The van der Waals surface area contributed by atoms with E-state index in [0.29, 0.717) is 6.54 Å². The standard InChI is InChI=1S/C14H32N2O.C8H16O.C6H16N2O/c1-4-5-6-7-8-9-10-16(13-14-17)12-11-15(2)3;1-2-3-4-5-6-7-8-9;1-8(2)5-3-7-4-6-9/h17H,4-14H2,1-3H3;8H,2-7H2,1H3;7,9H,3-6H2,1-2H3. The zero-order valence-electron chi connectivity index (χ0n) is 24.6. The van der Waals surface area contributed by atoms with Gasteiger partial charge in [-0.3, -0.25) is 4.90 Å². The van der Waals surface area contributed by atoms with Crippen LogP contribution in [0.5, 0.6) is 0 Å². The average molecular weight is 505 g/mol. The van der Waals surface area contributed by atoms with Crippen LogP contribution in [-0.4, -0.2) is 118 Å². The first-order valence-corrected chi connectivity index (χ1v) is 14.3. The summed E-state index contributed by atoms with van der Waals surface area (Å²) in [6.07, 6.45) is 16.0. The second-order valence-corrected chi connectivity index (χ2v) is 9.78. The van der Waals surface area contributed by atoms with E-state index < -0.39 is 0 Å². The zero-order chi connectivity index (χ0) is 27.0. The molecule has 0 atom stereocenters. The summed E-state index contributed by atoms with van der Waals surface area (Å²) >= 11 is 0. The summed E-state index contributed by atoms with van der Waals surface area (Å²) in [7, 11) is 8.25. The van der Waals surface area contributed by atoms with Gasteiger partial charge in [0.15, 0.2) is 0 Å². The molecule has 0 saturated carbocycles. The Morgan fingerprint density at radius 2 is 1.14 bits per heavy atom. The van der Waals surface area contributed by atoms with Gasteiger partial charge in [0.2, 0.25) is 0 Å². The molecule has 0 fully saturated rings. The van der Waals surface area contributed by atoms with Crippen LogP contribution in [0.25, 0.3) is 0 Å². The van der Waals surface area contributed by atoms with Crippen LogP contribution in [0.1, 0.15) is 90.9 Å². The summed E-state index contributed by atoms with van der Waals surface area (Å²) < 4.78 is 0. The Balaban J connectivity index is -0.000000481. The molecule has 0 spiro atoms. The van der Waals surface area contributed by atoms with Crippen molar-refractivity contribution in [2.24, 2.45) is 0 Å². The van der Waals surface area contributed by atoms with Crippen molar-refractivity contribution in [3.05, 3.63) is 0 Å². The number of aldehydes is 1. The number of hydrogen-bond acceptors (Lipinski definition) is 7. The van der Waals surface area contributed by atoms with Gasteiger partial charge in [-0.2, -0.15) is 0 Å². The van der Waals surface area contributed by atoms with E-state index in [1.54, 1.807) is 0 Å². The molecule has 7 heteroatoms. The number of carbonyl (C=O) groups is 1. The summed E-state index contributed by atoms with van der Waals surface area (Å²) in [4.78, 5) is 16.5. The van der Waals surface area contributed by atoms with Gasteiger partial charge < -0.3 is 30.1 Å². The molecule has 3 N–H and O–H groups in total. The lowest BCUT2D eigenvalue weighted by Crippen LogP contribution is -2.34. The van der Waals surface area contributed by atoms with E-state index in [1.807, 2.05) is 14.1 Å². The van der Waals surface area contributed by atoms with Gasteiger partial charge in [0.25, 0.3) is 0 Å². The van der Waals surface area contributed by atoms with Gasteiger partial charge in [0.1, 0.15) is 6.29 Å². The molecule has 0 aliphatic carbocycles. The predicted octanol–water partition coefficient (Wildman–Crippen LogP) is 3.88. The Morgan fingerprint density at radius 3 is 1.63 bits per heavy atom. The molecular weight excluding hydrogens is 440 g/mol. The first kappa shape index (κ1) is 39.0. The topological polar surface area (TPSA) is 79.3 Å². The van der Waals surface area contributed by atoms with Crippen molar-refractivity contribution in [1.82, 2.24) is 20.0 Å². The number of rotatable bonds is 23. The quantitative estimate of drug-likeness (QED) is 0.144. The minimum absolute atomic E-state index is 0.230. The third-order valence-electron chi connectivity index (χ3n) is 5.56. The number of aliphatic hydroxyl groups excluding tert-OH is 2. The smallest absolute Gasteiger partial charge is 0.119 e. The van der Waals surface area contributed by atoms with Crippen molar-refractivity contribution in [3.8, 4) is 0 Å². The maximum atomic E-state index is 9.84. The number of aliphatic hydroxyl groups is 2. The average Bonchev–Trinajstić information content (AvgIpc) is 2.83. The van der Waals surface area contributed by atoms with Gasteiger partial charge in [0.05, 0.1) is 13.2 Å². The van der Waals surface area contributed by atoms with Crippen molar-refractivity contribution in [3.63, 3.8) is 0 Å². The molecule has 35 heavy (non-hydrogen) atoms. The molecule has 0 saturated heterocycles. The lowest BCUT2D eigenvalue weighted by atomic mass is 10.1. The molecule has 0 aliphatic heterocycles. The lowest BCUT2D eigenvalue weighted by molar-refractivity contribution is -0.107. The summed E-state index contributed by atoms with van der Waals surface area (Å²) in [5.74, 6) is 0. The molecule has 0 radical (unpaired) electrons. The number of nitrogens with zero attached hydrogens (tertiary/aromatic N) is 3. The predicted molar refractivity (Wildman–Crippen MR) is 153 cm³/mol. The number of hydrogen-bond donors (Lipinski definition) is 3. The van der Waals surface area contributed by atoms with Gasteiger partial charge >= 0.3 is 0 Å². The molecule has 7 nitrogen and oxygen atoms in total. The maximum Gasteiger partial charge on any atom is 0.119 e. The lowest BCUT2D eigenvalue weighted by Gasteiger charge is -2.23. The van der Waals surface area contributed by atoms with Crippen LogP contribution in [-0.2, 0) is 4.79 Å². The van der Waals surface area contributed by atoms with Crippen molar-refractivity contribution < 1.29 is 15.0 Å². The van der Waals surface area contributed by atoms with Crippen LogP contribution < -0.4 is 5.32 Å². The summed E-state index contributed by atoms with van der Waals surface area (Å²) in [5.41, 5.74) is 0. The largest absolute Gasteiger partial charge is 0.395 e. The van der Waals surface area contributed by atoms with Gasteiger partial charge in [-0.15, -0.1) is 0 Å². The molecule has 0 heterocycles. The van der Waals surface area contributed by atoms with Crippen LogP contribution in [0.15, 0.2) is 0 Å². The summed E-state index contributed by atoms with van der Waals surface area (Å²) in [6, 6.07) is 0. The van der Waals surface area contributed by atoms with Crippen molar-refractivity contribution >= 4 is 6.29 Å².